The van der Waals surface area contributed by atoms with E-state index in [0.29, 0.717) is 19.4 Å². The molecule has 4 N–H and O–H groups in total. The van der Waals surface area contributed by atoms with Gasteiger partial charge < -0.3 is 20.8 Å². The highest BCUT2D eigenvalue weighted by Crippen LogP contribution is 2.07. The van der Waals surface area contributed by atoms with Crippen LogP contribution >= 0.6 is 0 Å². The highest BCUT2D eigenvalue weighted by atomic mass is 16.4. The van der Waals surface area contributed by atoms with Crippen molar-refractivity contribution in [2.75, 3.05) is 6.54 Å². The van der Waals surface area contributed by atoms with Gasteiger partial charge >= 0.3 is 5.97 Å². The number of carbonyl (C=O) groups is 2. The smallest absolute Gasteiger partial charge is 0.303 e. The number of carboxylic acids is 1. The van der Waals surface area contributed by atoms with Crippen LogP contribution in [0.1, 0.15) is 26.2 Å². The van der Waals surface area contributed by atoms with Crippen LogP contribution < -0.4 is 10.6 Å². The van der Waals surface area contributed by atoms with Crippen LogP contribution in [0.2, 0.25) is 0 Å². The van der Waals surface area contributed by atoms with Gasteiger partial charge in [0.15, 0.2) is 0 Å². The maximum atomic E-state index is 11.6. The fourth-order valence-electron chi connectivity index (χ4n) is 1.67. The molecule has 0 spiro atoms. The molecule has 0 aromatic rings. The minimum atomic E-state index is -0.865. The summed E-state index contributed by atoms with van der Waals surface area (Å²) in [5.41, 5.74) is 0. The normalized spacial score (nSPS) is 26.4. The summed E-state index contributed by atoms with van der Waals surface area (Å²) < 4.78 is 0. The van der Waals surface area contributed by atoms with Crippen LogP contribution in [-0.4, -0.2) is 46.8 Å². The van der Waals surface area contributed by atoms with E-state index in [1.807, 2.05) is 0 Å². The molecule has 16 heavy (non-hydrogen) atoms. The number of nitrogens with one attached hydrogen (secondary N) is 2. The lowest BCUT2D eigenvalue weighted by Crippen LogP contribution is -2.44. The lowest BCUT2D eigenvalue weighted by atomic mass is 10.1. The van der Waals surface area contributed by atoms with E-state index in [1.54, 1.807) is 6.92 Å². The Balaban J connectivity index is 2.25. The minimum Gasteiger partial charge on any atom is -0.481 e. The molecule has 3 atom stereocenters. The van der Waals surface area contributed by atoms with Crippen molar-refractivity contribution in [3.63, 3.8) is 0 Å². The van der Waals surface area contributed by atoms with Crippen molar-refractivity contribution in [3.8, 4) is 0 Å². The third kappa shape index (κ3) is 4.16. The number of β-amino-alcohol motifs (C(OH)–C–C–N with tert-alkyl or cyclic N) is 1. The topological polar surface area (TPSA) is 98.7 Å². The Kier molecular flexibility index (Phi) is 4.70. The van der Waals surface area contributed by atoms with Crippen molar-refractivity contribution < 1.29 is 19.8 Å². The number of carboxylic acid groups (broad SMARTS) is 1. The van der Waals surface area contributed by atoms with Crippen LogP contribution in [0.4, 0.5) is 0 Å². The van der Waals surface area contributed by atoms with Gasteiger partial charge in [-0.3, -0.25) is 9.59 Å². The third-order valence-electron chi connectivity index (χ3n) is 2.60. The number of aliphatic hydroxyl groups is 1. The van der Waals surface area contributed by atoms with Crippen LogP contribution in [-0.2, 0) is 9.59 Å². The predicted octanol–water partition coefficient (Wildman–Crippen LogP) is -0.921. The molecule has 0 radical (unpaired) electrons. The van der Waals surface area contributed by atoms with Gasteiger partial charge in [-0.05, 0) is 19.8 Å². The molecule has 92 valence electrons. The number of aliphatic carboxylic acids is 1. The molecule has 0 bridgehead atoms. The average molecular weight is 230 g/mol. The number of carbonyl (C=O) groups excluding carboxylic acids is 1. The third-order valence-corrected chi connectivity index (χ3v) is 2.60. The Morgan fingerprint density at radius 3 is 2.75 bits per heavy atom. The van der Waals surface area contributed by atoms with Gasteiger partial charge in [0.25, 0.3) is 0 Å². The fraction of sp³-hybridized carbons (Fsp3) is 0.800. The Morgan fingerprint density at radius 2 is 2.25 bits per heavy atom. The maximum Gasteiger partial charge on any atom is 0.303 e. The molecule has 0 aromatic carbocycles. The average Bonchev–Trinajstić information content (AvgIpc) is 2.62. The summed E-state index contributed by atoms with van der Waals surface area (Å²) in [6, 6.07) is -0.523. The lowest BCUT2D eigenvalue weighted by molar-refractivity contribution is -0.137. The van der Waals surface area contributed by atoms with Crippen molar-refractivity contribution in [2.45, 2.75) is 44.4 Å². The number of aliphatic hydroxyl groups excluding tert-OH is 1. The number of hydrogen-bond donors (Lipinski definition) is 4. The molecule has 1 aliphatic heterocycles. The Morgan fingerprint density at radius 1 is 1.56 bits per heavy atom. The van der Waals surface area contributed by atoms with Gasteiger partial charge in [-0.25, -0.2) is 0 Å². The second-order valence-corrected chi connectivity index (χ2v) is 4.19. The second-order valence-electron chi connectivity index (χ2n) is 4.19. The molecule has 0 saturated carbocycles. The molecule has 1 aliphatic rings. The van der Waals surface area contributed by atoms with E-state index >= 15 is 0 Å². The zero-order valence-corrected chi connectivity index (χ0v) is 9.27. The molecular formula is C10H18N2O4. The molecule has 1 saturated heterocycles. The van der Waals surface area contributed by atoms with Crippen LogP contribution in [0.5, 0.6) is 0 Å². The number of amides is 1. The second kappa shape index (κ2) is 5.81. The summed E-state index contributed by atoms with van der Waals surface area (Å²) >= 11 is 0. The van der Waals surface area contributed by atoms with E-state index in [1.165, 1.54) is 0 Å². The van der Waals surface area contributed by atoms with E-state index in [0.717, 1.165) is 0 Å². The van der Waals surface area contributed by atoms with Gasteiger partial charge in [-0.2, -0.15) is 0 Å². The fourth-order valence-corrected chi connectivity index (χ4v) is 1.67. The van der Waals surface area contributed by atoms with Gasteiger partial charge in [0.2, 0.25) is 5.91 Å². The van der Waals surface area contributed by atoms with E-state index in [2.05, 4.69) is 10.6 Å². The predicted molar refractivity (Wildman–Crippen MR) is 56.9 cm³/mol. The summed E-state index contributed by atoms with van der Waals surface area (Å²) in [5, 5.41) is 23.3. The quantitative estimate of drug-likeness (QED) is 0.489. The Labute approximate surface area is 94.0 Å². The van der Waals surface area contributed by atoms with Gasteiger partial charge in [-0.1, -0.05) is 0 Å². The van der Waals surface area contributed by atoms with Crippen molar-refractivity contribution in [3.05, 3.63) is 0 Å². The van der Waals surface area contributed by atoms with Gasteiger partial charge in [-0.15, -0.1) is 0 Å². The van der Waals surface area contributed by atoms with Crippen molar-refractivity contribution >= 4 is 11.9 Å². The Hall–Kier alpha value is -1.14. The zero-order chi connectivity index (χ0) is 12.1. The molecule has 6 heteroatoms. The molecular weight excluding hydrogens is 212 g/mol. The van der Waals surface area contributed by atoms with Crippen molar-refractivity contribution in [1.82, 2.24) is 10.6 Å². The first-order valence-electron chi connectivity index (χ1n) is 5.42. The lowest BCUT2D eigenvalue weighted by Gasteiger charge is -2.16. The number of hydrogen-bond acceptors (Lipinski definition) is 4. The largest absolute Gasteiger partial charge is 0.481 e. The zero-order valence-electron chi connectivity index (χ0n) is 9.27. The molecule has 6 nitrogen and oxygen atoms in total. The van der Waals surface area contributed by atoms with Crippen LogP contribution in [0.25, 0.3) is 0 Å². The molecule has 3 unspecified atom stereocenters. The minimum absolute atomic E-state index is 0.0438. The van der Waals surface area contributed by atoms with Gasteiger partial charge in [0.05, 0.1) is 12.1 Å². The van der Waals surface area contributed by atoms with Crippen LogP contribution in [0, 0.1) is 0 Å². The van der Waals surface area contributed by atoms with E-state index in [4.69, 9.17) is 5.11 Å². The molecule has 0 aromatic heterocycles. The van der Waals surface area contributed by atoms with E-state index in [9.17, 15) is 14.7 Å². The van der Waals surface area contributed by atoms with E-state index < -0.39 is 12.1 Å². The summed E-state index contributed by atoms with van der Waals surface area (Å²) in [6.45, 7) is 2.20. The summed E-state index contributed by atoms with van der Waals surface area (Å²) in [7, 11) is 0. The SMILES string of the molecule is CC(CCC(=O)O)NC(=O)C1CC(O)CN1. The summed E-state index contributed by atoms with van der Waals surface area (Å²) in [5.74, 6) is -1.04. The highest BCUT2D eigenvalue weighted by Gasteiger charge is 2.28. The standard InChI is InChI=1S/C10H18N2O4/c1-6(2-3-9(14)15)12-10(16)8-4-7(13)5-11-8/h6-8,11,13H,2-5H2,1H3,(H,12,16)(H,14,15). The first-order valence-corrected chi connectivity index (χ1v) is 5.42. The molecule has 1 rings (SSSR count). The van der Waals surface area contributed by atoms with Gasteiger partial charge in [0.1, 0.15) is 0 Å². The summed E-state index contributed by atoms with van der Waals surface area (Å²) in [4.78, 5) is 21.9. The summed E-state index contributed by atoms with van der Waals surface area (Å²) in [6.07, 6.45) is 0.404. The molecule has 1 heterocycles. The van der Waals surface area contributed by atoms with Crippen molar-refractivity contribution in [2.24, 2.45) is 0 Å². The first-order chi connectivity index (χ1) is 7.49. The molecule has 1 amide bonds. The number of rotatable bonds is 5. The first kappa shape index (κ1) is 12.9. The van der Waals surface area contributed by atoms with Crippen LogP contribution in [0.15, 0.2) is 0 Å². The van der Waals surface area contributed by atoms with Crippen LogP contribution in [0.3, 0.4) is 0 Å². The highest BCUT2D eigenvalue weighted by molar-refractivity contribution is 5.82. The van der Waals surface area contributed by atoms with Gasteiger partial charge in [0, 0.05) is 19.0 Å². The monoisotopic (exact) mass is 230 g/mol. The maximum absolute atomic E-state index is 11.6. The Bertz CT molecular complexity index is 270. The van der Waals surface area contributed by atoms with E-state index in [-0.39, 0.29) is 24.4 Å². The molecule has 1 fully saturated rings. The molecule has 0 aliphatic carbocycles. The van der Waals surface area contributed by atoms with Crippen molar-refractivity contribution in [1.29, 1.82) is 0 Å².